The molecule has 33 heavy (non-hydrogen) atoms. The average molecular weight is 438 g/mol. The Bertz CT molecular complexity index is 1110. The molecule has 3 aliphatic heterocycles. The average Bonchev–Trinajstić information content (AvgIpc) is 3.31. The molecule has 0 saturated heterocycles. The van der Waals surface area contributed by atoms with Crippen molar-refractivity contribution in [1.82, 2.24) is 9.80 Å². The van der Waals surface area contributed by atoms with Gasteiger partial charge >= 0.3 is 0 Å². The first kappa shape index (κ1) is 21.4. The molecule has 0 N–H and O–H groups in total. The van der Waals surface area contributed by atoms with Gasteiger partial charge in [0.1, 0.15) is 25.0 Å². The van der Waals surface area contributed by atoms with Crippen molar-refractivity contribution in [3.63, 3.8) is 0 Å². The van der Waals surface area contributed by atoms with Crippen LogP contribution >= 0.6 is 0 Å². The summed E-state index contributed by atoms with van der Waals surface area (Å²) in [4.78, 5) is 19.1. The molecule has 0 radical (unpaired) electrons. The molecule has 0 bridgehead atoms. The van der Waals surface area contributed by atoms with Crippen LogP contribution in [-0.4, -0.2) is 54.1 Å². The van der Waals surface area contributed by atoms with Gasteiger partial charge in [-0.05, 0) is 42.7 Å². The number of amidine groups is 2. The molecule has 0 amide bonds. The molecular formula is C28H31N5. The van der Waals surface area contributed by atoms with Gasteiger partial charge in [0.15, 0.2) is 0 Å². The van der Waals surface area contributed by atoms with E-state index in [1.165, 1.54) is 16.8 Å². The Kier molecular flexibility index (Phi) is 6.50. The van der Waals surface area contributed by atoms with Gasteiger partial charge in [-0.15, -0.1) is 5.73 Å². The third-order valence-corrected chi connectivity index (χ3v) is 6.44. The van der Waals surface area contributed by atoms with E-state index in [1.54, 1.807) is 0 Å². The lowest BCUT2D eigenvalue weighted by atomic mass is 9.93. The van der Waals surface area contributed by atoms with E-state index in [0.717, 1.165) is 50.7 Å². The summed E-state index contributed by atoms with van der Waals surface area (Å²) in [5.74, 6) is 2.78. The van der Waals surface area contributed by atoms with Crippen LogP contribution < -0.4 is 0 Å². The highest BCUT2D eigenvalue weighted by molar-refractivity contribution is 6.02. The van der Waals surface area contributed by atoms with Crippen LogP contribution in [0.4, 0.5) is 0 Å². The Balaban J connectivity index is 1.34. The summed E-state index contributed by atoms with van der Waals surface area (Å²) in [6, 6.07) is 0. The van der Waals surface area contributed by atoms with Gasteiger partial charge in [0.2, 0.25) is 0 Å². The smallest absolute Gasteiger partial charge is 0.131 e. The molecule has 5 aliphatic rings. The predicted octanol–water partition coefficient (Wildman–Crippen LogP) is 4.98. The minimum Gasteiger partial charge on any atom is -0.352 e. The first-order chi connectivity index (χ1) is 16.3. The number of hydrogen-bond donors (Lipinski definition) is 0. The molecule has 168 valence electrons. The lowest BCUT2D eigenvalue weighted by Crippen LogP contribution is -2.39. The molecule has 0 aromatic heterocycles. The number of nitrogens with zero attached hydrogens (tertiary/aromatic N) is 5. The van der Waals surface area contributed by atoms with Gasteiger partial charge in [0, 0.05) is 43.3 Å². The largest absolute Gasteiger partial charge is 0.352 e. The fourth-order valence-electron chi connectivity index (χ4n) is 4.70. The summed E-state index contributed by atoms with van der Waals surface area (Å²) in [6.07, 6.45) is 28.5. The molecule has 5 rings (SSSR count). The molecule has 0 saturated carbocycles. The van der Waals surface area contributed by atoms with Gasteiger partial charge in [0.25, 0.3) is 0 Å². The van der Waals surface area contributed by atoms with Crippen molar-refractivity contribution in [1.29, 1.82) is 0 Å². The number of rotatable bonds is 4. The van der Waals surface area contributed by atoms with Crippen LogP contribution in [0.5, 0.6) is 0 Å². The molecule has 0 fully saturated rings. The summed E-state index contributed by atoms with van der Waals surface area (Å²) in [5, 5.41) is 0. The monoisotopic (exact) mass is 437 g/mol. The van der Waals surface area contributed by atoms with Crippen molar-refractivity contribution in [3.05, 3.63) is 89.4 Å². The van der Waals surface area contributed by atoms with Crippen LogP contribution in [0.3, 0.4) is 0 Å². The molecule has 2 aliphatic carbocycles. The molecule has 0 aromatic rings. The lowest BCUT2D eigenvalue weighted by Gasteiger charge is -2.30. The minimum absolute atomic E-state index is 0.231. The number of fused-ring (bicyclic) bond motifs is 1. The second-order valence-corrected chi connectivity index (χ2v) is 9.07. The van der Waals surface area contributed by atoms with Gasteiger partial charge in [0.05, 0.1) is 0 Å². The molecular weight excluding hydrogens is 406 g/mol. The number of allylic oxidation sites excluding steroid dienone is 9. The Morgan fingerprint density at radius 3 is 2.97 bits per heavy atom. The van der Waals surface area contributed by atoms with Crippen LogP contribution in [0.15, 0.2) is 104 Å². The quantitative estimate of drug-likeness (QED) is 0.460. The zero-order valence-electron chi connectivity index (χ0n) is 19.3. The van der Waals surface area contributed by atoms with Crippen molar-refractivity contribution >= 4 is 17.9 Å². The third-order valence-electron chi connectivity index (χ3n) is 6.44. The Morgan fingerprint density at radius 2 is 2.03 bits per heavy atom. The summed E-state index contributed by atoms with van der Waals surface area (Å²) in [7, 11) is 0. The summed E-state index contributed by atoms with van der Waals surface area (Å²) >= 11 is 0. The van der Waals surface area contributed by atoms with Crippen LogP contribution in [0.2, 0.25) is 0 Å². The van der Waals surface area contributed by atoms with Crippen LogP contribution in [0, 0.1) is 11.8 Å². The van der Waals surface area contributed by atoms with E-state index < -0.39 is 0 Å². The Labute approximate surface area is 196 Å². The summed E-state index contributed by atoms with van der Waals surface area (Å²) < 4.78 is 0. The van der Waals surface area contributed by atoms with E-state index in [4.69, 9.17) is 9.98 Å². The lowest BCUT2D eigenvalue weighted by molar-refractivity contribution is 0.330. The van der Waals surface area contributed by atoms with E-state index in [-0.39, 0.29) is 5.92 Å². The maximum absolute atomic E-state index is 5.11. The van der Waals surface area contributed by atoms with Gasteiger partial charge < -0.3 is 9.80 Å². The molecule has 0 aromatic carbocycles. The highest BCUT2D eigenvalue weighted by Crippen LogP contribution is 2.27. The van der Waals surface area contributed by atoms with E-state index in [2.05, 4.69) is 88.3 Å². The van der Waals surface area contributed by atoms with Crippen molar-refractivity contribution in [2.75, 3.05) is 26.4 Å². The van der Waals surface area contributed by atoms with Gasteiger partial charge in [-0.2, -0.15) is 0 Å². The minimum atomic E-state index is 0.231. The Morgan fingerprint density at radius 1 is 1.06 bits per heavy atom. The van der Waals surface area contributed by atoms with E-state index in [9.17, 15) is 0 Å². The van der Waals surface area contributed by atoms with Gasteiger partial charge in [-0.25, -0.2) is 9.98 Å². The summed E-state index contributed by atoms with van der Waals surface area (Å²) in [5.41, 5.74) is 7.09. The fourth-order valence-corrected chi connectivity index (χ4v) is 4.70. The first-order valence-electron chi connectivity index (χ1n) is 11.9. The van der Waals surface area contributed by atoms with Crippen molar-refractivity contribution in [2.24, 2.45) is 26.8 Å². The van der Waals surface area contributed by atoms with Gasteiger partial charge in [-0.1, -0.05) is 55.0 Å². The number of aliphatic imine (C=N–C) groups is 3. The van der Waals surface area contributed by atoms with E-state index >= 15 is 0 Å². The highest BCUT2D eigenvalue weighted by atomic mass is 15.3. The molecule has 5 nitrogen and oxygen atoms in total. The van der Waals surface area contributed by atoms with E-state index in [0.29, 0.717) is 12.6 Å². The van der Waals surface area contributed by atoms with Crippen molar-refractivity contribution < 1.29 is 0 Å². The topological polar surface area (TPSA) is 43.6 Å². The number of hydrogen-bond acceptors (Lipinski definition) is 5. The van der Waals surface area contributed by atoms with Crippen LogP contribution in [0.25, 0.3) is 0 Å². The first-order valence-corrected chi connectivity index (χ1v) is 11.9. The van der Waals surface area contributed by atoms with Crippen LogP contribution in [-0.2, 0) is 0 Å². The third kappa shape index (κ3) is 5.15. The predicted molar refractivity (Wildman–Crippen MR) is 137 cm³/mol. The molecule has 0 spiro atoms. The van der Waals surface area contributed by atoms with Crippen LogP contribution in [0.1, 0.15) is 26.2 Å². The molecule has 5 heteroatoms. The van der Waals surface area contributed by atoms with Crippen molar-refractivity contribution in [3.8, 4) is 0 Å². The maximum Gasteiger partial charge on any atom is 0.131 e. The second kappa shape index (κ2) is 10.0. The van der Waals surface area contributed by atoms with Crippen molar-refractivity contribution in [2.45, 2.75) is 26.2 Å². The molecule has 2 atom stereocenters. The standard InChI is InChI=1S/C28H31N5/c1-22-18-29-20-33(19-22)25-12-8-9-23(14-15-25)17-27-30-21-32-16-7-6-13-26(28(32)31-27)24-10-4-2-3-5-11-24/h2-4,6-8,10-12,14-15,18,22,26H,9,13,16-17,19-21H2,1H3. The maximum atomic E-state index is 5.11. The highest BCUT2D eigenvalue weighted by Gasteiger charge is 2.28. The normalized spacial score (nSPS) is 26.5. The molecule has 2 unspecified atom stereocenters. The molecule has 3 heterocycles. The second-order valence-electron chi connectivity index (χ2n) is 9.07. The zero-order chi connectivity index (χ0) is 22.5. The summed E-state index contributed by atoms with van der Waals surface area (Å²) in [6.45, 7) is 5.51. The SMILES string of the molecule is CC1C=NCN(C2=CC=C(CC3=NCN4CC=CCC(C5=CC=CC=C=C5)C4=N3)CC=C2)C1. The fraction of sp³-hybridized carbons (Fsp3) is 0.357. The Hall–Kier alpha value is -3.43. The van der Waals surface area contributed by atoms with Gasteiger partial charge in [-0.3, -0.25) is 4.99 Å². The zero-order valence-corrected chi connectivity index (χ0v) is 19.3. The van der Waals surface area contributed by atoms with E-state index in [1.807, 2.05) is 12.2 Å².